The van der Waals surface area contributed by atoms with E-state index in [0.29, 0.717) is 11.6 Å². The van der Waals surface area contributed by atoms with E-state index in [1.54, 1.807) is 6.92 Å². The first kappa shape index (κ1) is 22.0. The Morgan fingerprint density at radius 3 is 2.36 bits per heavy atom. The summed E-state index contributed by atoms with van der Waals surface area (Å²) in [6, 6.07) is 7.33. The van der Waals surface area contributed by atoms with Crippen LogP contribution >= 0.6 is 11.3 Å². The predicted molar refractivity (Wildman–Crippen MR) is 114 cm³/mol. The van der Waals surface area contributed by atoms with E-state index in [2.05, 4.69) is 48.5 Å². The number of nitrogens with one attached hydrogen (secondary N) is 2. The number of aryl methyl sites for hydroxylation is 1. The molecular weight excluding hydrogens is 372 g/mol. The van der Waals surface area contributed by atoms with E-state index in [-0.39, 0.29) is 23.1 Å². The van der Waals surface area contributed by atoms with Crippen molar-refractivity contribution in [2.24, 2.45) is 11.3 Å². The monoisotopic (exact) mass is 402 g/mol. The van der Waals surface area contributed by atoms with Crippen molar-refractivity contribution in [2.75, 3.05) is 5.32 Å². The normalized spacial score (nSPS) is 13.6. The molecule has 0 aliphatic rings. The molecule has 0 unspecified atom stereocenters. The van der Waals surface area contributed by atoms with E-state index in [1.165, 1.54) is 16.9 Å². The Hall–Kier alpha value is -2.28. The number of carbonyl (C=O) groups excluding carboxylic acids is 2. The van der Waals surface area contributed by atoms with Crippen molar-refractivity contribution in [1.29, 1.82) is 0 Å². The van der Waals surface area contributed by atoms with Crippen molar-refractivity contribution >= 4 is 28.3 Å². The maximum absolute atomic E-state index is 12.4. The molecule has 0 bridgehead atoms. The molecule has 1 heterocycles. The summed E-state index contributed by atoms with van der Waals surface area (Å²) in [5, 5.41) is 14.8. The predicted octanol–water partition coefficient (Wildman–Crippen LogP) is 4.42. The second kappa shape index (κ2) is 9.28. The summed E-state index contributed by atoms with van der Waals surface area (Å²) in [7, 11) is 0. The maximum atomic E-state index is 12.4. The molecule has 152 valence electrons. The maximum Gasteiger partial charge on any atom is 0.248 e. The van der Waals surface area contributed by atoms with Gasteiger partial charge in [-0.05, 0) is 31.6 Å². The molecule has 0 spiro atoms. The van der Waals surface area contributed by atoms with Crippen LogP contribution in [0.3, 0.4) is 0 Å². The van der Waals surface area contributed by atoms with Crippen LogP contribution in [0.1, 0.15) is 53.0 Å². The smallest absolute Gasteiger partial charge is 0.248 e. The van der Waals surface area contributed by atoms with Gasteiger partial charge in [-0.1, -0.05) is 68.9 Å². The lowest BCUT2D eigenvalue weighted by Crippen LogP contribution is -2.42. The number of hydrogen-bond donors (Lipinski definition) is 2. The van der Waals surface area contributed by atoms with E-state index in [1.807, 2.05) is 31.2 Å². The number of nitrogens with zero attached hydrogens (tertiary/aromatic N) is 2. The lowest BCUT2D eigenvalue weighted by Gasteiger charge is -2.23. The molecule has 1 aromatic carbocycles. The lowest BCUT2D eigenvalue weighted by molar-refractivity contribution is -0.126. The number of rotatable bonds is 7. The minimum Gasteiger partial charge on any atom is -0.345 e. The van der Waals surface area contributed by atoms with Crippen molar-refractivity contribution < 1.29 is 9.59 Å². The van der Waals surface area contributed by atoms with Gasteiger partial charge in [0.25, 0.3) is 0 Å². The molecule has 2 amide bonds. The fourth-order valence-corrected chi connectivity index (χ4v) is 3.85. The summed E-state index contributed by atoms with van der Waals surface area (Å²) in [6.07, 6.45) is 1.36. The van der Waals surface area contributed by atoms with Gasteiger partial charge in [0.15, 0.2) is 0 Å². The molecule has 2 N–H and O–H groups in total. The zero-order chi connectivity index (χ0) is 20.9. The van der Waals surface area contributed by atoms with E-state index in [0.717, 1.165) is 17.0 Å². The summed E-state index contributed by atoms with van der Waals surface area (Å²) >= 11 is 1.31. The first-order valence-electron chi connectivity index (χ1n) is 9.54. The first-order valence-corrected chi connectivity index (χ1v) is 10.4. The average molecular weight is 403 g/mol. The van der Waals surface area contributed by atoms with Crippen molar-refractivity contribution in [3.8, 4) is 10.6 Å². The third-order valence-corrected chi connectivity index (χ3v) is 5.11. The summed E-state index contributed by atoms with van der Waals surface area (Å²) < 4.78 is 0. The topological polar surface area (TPSA) is 84.0 Å². The number of aromatic nitrogens is 2. The van der Waals surface area contributed by atoms with Crippen molar-refractivity contribution in [3.63, 3.8) is 0 Å². The average Bonchev–Trinajstić information content (AvgIpc) is 3.01. The zero-order valence-electron chi connectivity index (χ0n) is 17.5. The third-order valence-electron chi connectivity index (χ3n) is 4.22. The van der Waals surface area contributed by atoms with Crippen molar-refractivity contribution in [1.82, 2.24) is 15.5 Å². The molecule has 0 fully saturated rings. The Labute approximate surface area is 171 Å². The van der Waals surface area contributed by atoms with Gasteiger partial charge in [-0.25, -0.2) is 0 Å². The first-order chi connectivity index (χ1) is 13.0. The number of anilines is 1. The van der Waals surface area contributed by atoms with Crippen LogP contribution in [0, 0.1) is 18.3 Å². The highest BCUT2D eigenvalue weighted by Crippen LogP contribution is 2.27. The zero-order valence-corrected chi connectivity index (χ0v) is 18.3. The van der Waals surface area contributed by atoms with Crippen LogP contribution in [0.4, 0.5) is 5.13 Å². The number of amides is 2. The van der Waals surface area contributed by atoms with E-state index in [9.17, 15) is 9.59 Å². The van der Waals surface area contributed by atoms with Gasteiger partial charge in [0.2, 0.25) is 16.9 Å². The Balaban J connectivity index is 1.87. The van der Waals surface area contributed by atoms with Crippen LogP contribution in [0.5, 0.6) is 0 Å². The number of hydrogen-bond acceptors (Lipinski definition) is 5. The second-order valence-corrected chi connectivity index (χ2v) is 9.61. The molecule has 6 nitrogen and oxygen atoms in total. The van der Waals surface area contributed by atoms with E-state index >= 15 is 0 Å². The van der Waals surface area contributed by atoms with Gasteiger partial charge in [-0.2, -0.15) is 0 Å². The molecule has 0 saturated heterocycles. The van der Waals surface area contributed by atoms with Crippen LogP contribution in [0.25, 0.3) is 10.6 Å². The molecule has 7 heteroatoms. The van der Waals surface area contributed by atoms with Crippen LogP contribution < -0.4 is 10.6 Å². The summed E-state index contributed by atoms with van der Waals surface area (Å²) in [4.78, 5) is 24.6. The number of carbonyl (C=O) groups is 2. The summed E-state index contributed by atoms with van der Waals surface area (Å²) in [5.74, 6) is -0.157. The Bertz CT molecular complexity index is 809. The van der Waals surface area contributed by atoms with Gasteiger partial charge in [-0.15, -0.1) is 10.2 Å². The fraction of sp³-hybridized carbons (Fsp3) is 0.524. The second-order valence-electron chi connectivity index (χ2n) is 8.63. The van der Waals surface area contributed by atoms with Gasteiger partial charge in [0.1, 0.15) is 11.0 Å². The molecule has 28 heavy (non-hydrogen) atoms. The lowest BCUT2D eigenvalue weighted by atomic mass is 9.84. The Morgan fingerprint density at radius 1 is 1.11 bits per heavy atom. The van der Waals surface area contributed by atoms with E-state index < -0.39 is 6.04 Å². The molecule has 0 aliphatic heterocycles. The van der Waals surface area contributed by atoms with Crippen molar-refractivity contribution in [2.45, 2.75) is 60.4 Å². The van der Waals surface area contributed by atoms with Crippen LogP contribution in [-0.2, 0) is 9.59 Å². The van der Waals surface area contributed by atoms with Gasteiger partial charge < -0.3 is 5.32 Å². The standard InChI is InChI=1S/C21H30N4O2S/c1-13-7-9-16(10-8-13)19-24-25-20(28-19)23-18(27)15(3)22-17(26)11-14(2)12-21(4,5)6/h7-10,14-15H,11-12H2,1-6H3,(H,22,26)(H,23,25,27)/t14-,15+/m1/s1. The molecular formula is C21H30N4O2S. The van der Waals surface area contributed by atoms with Crippen LogP contribution in [-0.4, -0.2) is 28.1 Å². The Morgan fingerprint density at radius 2 is 1.75 bits per heavy atom. The minimum atomic E-state index is -0.638. The molecule has 0 radical (unpaired) electrons. The van der Waals surface area contributed by atoms with Gasteiger partial charge >= 0.3 is 0 Å². The number of benzene rings is 1. The van der Waals surface area contributed by atoms with Gasteiger partial charge in [0.05, 0.1) is 0 Å². The fourth-order valence-electron chi connectivity index (χ4n) is 3.10. The van der Waals surface area contributed by atoms with Crippen molar-refractivity contribution in [3.05, 3.63) is 29.8 Å². The SMILES string of the molecule is Cc1ccc(-c2nnc(NC(=O)[C@H](C)NC(=O)C[C@@H](C)CC(C)(C)C)s2)cc1. The third kappa shape index (κ3) is 7.03. The summed E-state index contributed by atoms with van der Waals surface area (Å²) in [5.41, 5.74) is 2.30. The quantitative estimate of drug-likeness (QED) is 0.718. The molecule has 2 rings (SSSR count). The van der Waals surface area contributed by atoms with E-state index in [4.69, 9.17) is 0 Å². The minimum absolute atomic E-state index is 0.114. The molecule has 2 atom stereocenters. The molecule has 0 aliphatic carbocycles. The van der Waals surface area contributed by atoms with Gasteiger partial charge in [-0.3, -0.25) is 14.9 Å². The molecule has 0 saturated carbocycles. The Kier molecular flexibility index (Phi) is 7.29. The van der Waals surface area contributed by atoms with Gasteiger partial charge in [0, 0.05) is 12.0 Å². The largest absolute Gasteiger partial charge is 0.345 e. The highest BCUT2D eigenvalue weighted by atomic mass is 32.1. The summed E-state index contributed by atoms with van der Waals surface area (Å²) in [6.45, 7) is 12.2. The van der Waals surface area contributed by atoms with Crippen LogP contribution in [0.15, 0.2) is 24.3 Å². The molecule has 1 aromatic heterocycles. The highest BCUT2D eigenvalue weighted by Gasteiger charge is 2.21. The highest BCUT2D eigenvalue weighted by molar-refractivity contribution is 7.18. The van der Waals surface area contributed by atoms with Crippen LogP contribution in [0.2, 0.25) is 0 Å². The molecule has 2 aromatic rings.